The minimum Gasteiger partial charge on any atom is -0.381 e. The summed E-state index contributed by atoms with van der Waals surface area (Å²) in [4.78, 5) is 0. The van der Waals surface area contributed by atoms with Crippen LogP contribution >= 0.6 is 11.6 Å². The van der Waals surface area contributed by atoms with Crippen LogP contribution in [0.5, 0.6) is 0 Å². The van der Waals surface area contributed by atoms with Crippen molar-refractivity contribution in [1.82, 2.24) is 0 Å². The maximum atomic E-state index is 13.1. The van der Waals surface area contributed by atoms with Crippen molar-refractivity contribution < 1.29 is 9.13 Å². The molecule has 1 unspecified atom stereocenters. The van der Waals surface area contributed by atoms with E-state index in [1.807, 2.05) is 0 Å². The lowest BCUT2D eigenvalue weighted by Gasteiger charge is -2.36. The summed E-state index contributed by atoms with van der Waals surface area (Å²) in [5.41, 5.74) is 0.532. The molecule has 0 saturated carbocycles. The van der Waals surface area contributed by atoms with Gasteiger partial charge in [-0.1, -0.05) is 11.6 Å². The fourth-order valence-corrected chi connectivity index (χ4v) is 2.36. The molecule has 0 radical (unpaired) electrons. The summed E-state index contributed by atoms with van der Waals surface area (Å²) in [6.45, 7) is 4.85. The van der Waals surface area contributed by atoms with E-state index < -0.39 is 0 Å². The van der Waals surface area contributed by atoms with Crippen LogP contribution in [0.25, 0.3) is 0 Å². The van der Waals surface area contributed by atoms with E-state index in [0.717, 1.165) is 19.4 Å². The predicted molar refractivity (Wildman–Crippen MR) is 68.1 cm³/mol. The fourth-order valence-electron chi connectivity index (χ4n) is 2.18. The molecule has 17 heavy (non-hydrogen) atoms. The third-order valence-corrected chi connectivity index (χ3v) is 3.31. The summed E-state index contributed by atoms with van der Waals surface area (Å²) >= 11 is 6.03. The van der Waals surface area contributed by atoms with E-state index in [1.165, 1.54) is 12.1 Å². The molecule has 0 aromatic heterocycles. The molecule has 1 heterocycles. The number of rotatable bonds is 2. The number of hydrogen-bond acceptors (Lipinski definition) is 2. The van der Waals surface area contributed by atoms with Gasteiger partial charge in [-0.2, -0.15) is 0 Å². The molecule has 1 N–H and O–H groups in total. The van der Waals surface area contributed by atoms with Gasteiger partial charge in [0.05, 0.1) is 16.3 Å². The second-order valence-electron chi connectivity index (χ2n) is 5.07. The Morgan fingerprint density at radius 2 is 2.24 bits per heavy atom. The summed E-state index contributed by atoms with van der Waals surface area (Å²) in [5, 5.41) is 3.85. The van der Waals surface area contributed by atoms with Crippen LogP contribution in [0, 0.1) is 5.82 Å². The van der Waals surface area contributed by atoms with Crippen molar-refractivity contribution >= 4 is 17.3 Å². The van der Waals surface area contributed by atoms with Gasteiger partial charge < -0.3 is 10.1 Å². The molecule has 0 bridgehead atoms. The lowest BCUT2D eigenvalue weighted by atomic mass is 9.94. The van der Waals surface area contributed by atoms with Crippen LogP contribution in [0.2, 0.25) is 5.02 Å². The van der Waals surface area contributed by atoms with Crippen LogP contribution in [-0.4, -0.2) is 18.2 Å². The number of halogens is 2. The molecular formula is C13H17ClFNO. The molecule has 1 aromatic carbocycles. The van der Waals surface area contributed by atoms with Crippen molar-refractivity contribution in [2.75, 3.05) is 11.9 Å². The normalized spacial score (nSPS) is 23.4. The highest BCUT2D eigenvalue weighted by Crippen LogP contribution is 2.29. The van der Waals surface area contributed by atoms with Gasteiger partial charge in [0.25, 0.3) is 0 Å². The maximum Gasteiger partial charge on any atom is 0.125 e. The van der Waals surface area contributed by atoms with E-state index >= 15 is 0 Å². The van der Waals surface area contributed by atoms with Gasteiger partial charge in [0, 0.05) is 12.6 Å². The van der Waals surface area contributed by atoms with Gasteiger partial charge in [-0.05, 0) is 44.9 Å². The van der Waals surface area contributed by atoms with Gasteiger partial charge in [0.1, 0.15) is 5.82 Å². The van der Waals surface area contributed by atoms with Crippen LogP contribution in [0.3, 0.4) is 0 Å². The van der Waals surface area contributed by atoms with Gasteiger partial charge in [0.2, 0.25) is 0 Å². The van der Waals surface area contributed by atoms with Gasteiger partial charge in [-0.3, -0.25) is 0 Å². The predicted octanol–water partition coefficient (Wildman–Crippen LogP) is 3.85. The summed E-state index contributed by atoms with van der Waals surface area (Å²) in [5.74, 6) is -0.275. The molecule has 4 heteroatoms. The molecule has 1 aliphatic rings. The third-order valence-electron chi connectivity index (χ3n) is 2.99. The summed E-state index contributed by atoms with van der Waals surface area (Å²) in [6.07, 6.45) is 1.80. The molecule has 0 amide bonds. The van der Waals surface area contributed by atoms with Gasteiger partial charge >= 0.3 is 0 Å². The molecule has 1 aromatic rings. The Morgan fingerprint density at radius 3 is 2.94 bits per heavy atom. The Bertz CT molecular complexity index is 408. The molecule has 0 aliphatic carbocycles. The maximum absolute atomic E-state index is 13.1. The number of benzene rings is 1. The molecule has 1 saturated heterocycles. The minimum atomic E-state index is -0.275. The van der Waals surface area contributed by atoms with E-state index in [9.17, 15) is 4.39 Å². The molecule has 0 spiro atoms. The first-order chi connectivity index (χ1) is 7.96. The Hall–Kier alpha value is -0.800. The molecule has 94 valence electrons. The lowest BCUT2D eigenvalue weighted by Crippen LogP contribution is -2.40. The average molecular weight is 258 g/mol. The topological polar surface area (TPSA) is 21.3 Å². The van der Waals surface area contributed by atoms with Gasteiger partial charge in [0.15, 0.2) is 0 Å². The fraction of sp³-hybridized carbons (Fsp3) is 0.538. The summed E-state index contributed by atoms with van der Waals surface area (Å²) in [7, 11) is 0. The highest BCUT2D eigenvalue weighted by molar-refractivity contribution is 6.33. The van der Waals surface area contributed by atoms with E-state index in [4.69, 9.17) is 16.3 Å². The van der Waals surface area contributed by atoms with Crippen molar-refractivity contribution in [1.29, 1.82) is 0 Å². The van der Waals surface area contributed by atoms with Crippen molar-refractivity contribution in [2.24, 2.45) is 0 Å². The first-order valence-electron chi connectivity index (χ1n) is 5.82. The van der Waals surface area contributed by atoms with Crippen LogP contribution in [0.4, 0.5) is 10.1 Å². The quantitative estimate of drug-likeness (QED) is 0.869. The van der Waals surface area contributed by atoms with Crippen molar-refractivity contribution in [3.63, 3.8) is 0 Å². The average Bonchev–Trinajstić information content (AvgIpc) is 2.22. The molecule has 1 fully saturated rings. The van der Waals surface area contributed by atoms with E-state index in [1.54, 1.807) is 6.07 Å². The first kappa shape index (κ1) is 12.7. The third kappa shape index (κ3) is 3.33. The zero-order valence-corrected chi connectivity index (χ0v) is 10.9. The van der Waals surface area contributed by atoms with Gasteiger partial charge in [-0.15, -0.1) is 0 Å². The van der Waals surface area contributed by atoms with E-state index in [2.05, 4.69) is 19.2 Å². The van der Waals surface area contributed by atoms with Crippen LogP contribution < -0.4 is 5.32 Å². The number of hydrogen-bond donors (Lipinski definition) is 1. The number of ether oxygens (including phenoxy) is 1. The van der Waals surface area contributed by atoms with Crippen molar-refractivity contribution in [2.45, 2.75) is 38.3 Å². The molecule has 1 aliphatic heterocycles. The molecular weight excluding hydrogens is 241 g/mol. The molecule has 2 rings (SSSR count). The first-order valence-corrected chi connectivity index (χ1v) is 6.20. The van der Waals surface area contributed by atoms with E-state index in [-0.39, 0.29) is 17.5 Å². The summed E-state index contributed by atoms with van der Waals surface area (Å²) in [6, 6.07) is 4.65. The molecule has 2 nitrogen and oxygen atoms in total. The van der Waals surface area contributed by atoms with Crippen molar-refractivity contribution in [3.8, 4) is 0 Å². The zero-order valence-electron chi connectivity index (χ0n) is 10.1. The standard InChI is InChI=1S/C13H17ClFNO/c1-13(2)8-10(5-6-17-13)16-12-7-9(15)3-4-11(12)14/h3-4,7,10,16H,5-6,8H2,1-2H3. The second kappa shape index (κ2) is 4.83. The minimum absolute atomic E-state index is 0.129. The molecule has 1 atom stereocenters. The van der Waals surface area contributed by atoms with Crippen LogP contribution in [0.15, 0.2) is 18.2 Å². The monoisotopic (exact) mass is 257 g/mol. The Labute approximate surface area is 106 Å². The van der Waals surface area contributed by atoms with E-state index in [0.29, 0.717) is 10.7 Å². The number of anilines is 1. The van der Waals surface area contributed by atoms with Crippen LogP contribution in [-0.2, 0) is 4.74 Å². The zero-order chi connectivity index (χ0) is 12.5. The SMILES string of the molecule is CC1(C)CC(Nc2cc(F)ccc2Cl)CCO1. The Morgan fingerprint density at radius 1 is 1.47 bits per heavy atom. The Kier molecular flexibility index (Phi) is 3.59. The Balaban J connectivity index is 2.07. The number of nitrogens with one attached hydrogen (secondary N) is 1. The highest BCUT2D eigenvalue weighted by atomic mass is 35.5. The van der Waals surface area contributed by atoms with Gasteiger partial charge in [-0.25, -0.2) is 4.39 Å². The van der Waals surface area contributed by atoms with Crippen LogP contribution in [0.1, 0.15) is 26.7 Å². The largest absolute Gasteiger partial charge is 0.381 e. The van der Waals surface area contributed by atoms with Crippen molar-refractivity contribution in [3.05, 3.63) is 29.0 Å². The second-order valence-corrected chi connectivity index (χ2v) is 5.47. The lowest BCUT2D eigenvalue weighted by molar-refractivity contribution is -0.0553. The highest BCUT2D eigenvalue weighted by Gasteiger charge is 2.28. The summed E-state index contributed by atoms with van der Waals surface area (Å²) < 4.78 is 18.8. The smallest absolute Gasteiger partial charge is 0.125 e.